The van der Waals surface area contributed by atoms with Crippen LogP contribution in [-0.4, -0.2) is 33.4 Å². The predicted molar refractivity (Wildman–Crippen MR) is 74.4 cm³/mol. The Bertz CT molecular complexity index is 449. The molecule has 0 saturated heterocycles. The van der Waals surface area contributed by atoms with Crippen molar-refractivity contribution in [3.8, 4) is 5.75 Å². The lowest BCUT2D eigenvalue weighted by Crippen LogP contribution is -2.44. The van der Waals surface area contributed by atoms with Crippen LogP contribution < -0.4 is 5.32 Å². The molecule has 2 rings (SSSR count). The normalized spacial score (nSPS) is 26.4. The Morgan fingerprint density at radius 1 is 1.25 bits per heavy atom. The average molecular weight is 279 g/mol. The number of aliphatic hydroxyl groups is 1. The maximum Gasteiger partial charge on any atom is 0.306 e. The standard InChI is InChI=1S/C15H21NO4/c17-13-3-1-11(2-4-13)9-16-10-15(20)7-5-12(6-8-15)14(18)19/h1-4,12,16-17,20H,5-10H2,(H,18,19). The molecule has 0 radical (unpaired) electrons. The average Bonchev–Trinajstić information content (AvgIpc) is 2.41. The third-order valence-electron chi connectivity index (χ3n) is 3.99. The Kier molecular flexibility index (Phi) is 4.62. The van der Waals surface area contributed by atoms with Crippen LogP contribution in [0.2, 0.25) is 0 Å². The van der Waals surface area contributed by atoms with Crippen LogP contribution in [0.5, 0.6) is 5.75 Å². The summed E-state index contributed by atoms with van der Waals surface area (Å²) in [5.41, 5.74) is 0.230. The minimum Gasteiger partial charge on any atom is -0.508 e. The first-order valence-electron chi connectivity index (χ1n) is 6.92. The van der Waals surface area contributed by atoms with Gasteiger partial charge in [-0.05, 0) is 43.4 Å². The fraction of sp³-hybridized carbons (Fsp3) is 0.533. The van der Waals surface area contributed by atoms with Gasteiger partial charge in [-0.25, -0.2) is 0 Å². The summed E-state index contributed by atoms with van der Waals surface area (Å²) in [4.78, 5) is 10.9. The largest absolute Gasteiger partial charge is 0.508 e. The van der Waals surface area contributed by atoms with Gasteiger partial charge in [0, 0.05) is 13.1 Å². The van der Waals surface area contributed by atoms with Crippen LogP contribution in [0.25, 0.3) is 0 Å². The monoisotopic (exact) mass is 279 g/mol. The molecule has 0 amide bonds. The Balaban J connectivity index is 1.76. The zero-order chi connectivity index (χ0) is 14.6. The highest BCUT2D eigenvalue weighted by molar-refractivity contribution is 5.70. The van der Waals surface area contributed by atoms with E-state index >= 15 is 0 Å². The first kappa shape index (κ1) is 14.8. The van der Waals surface area contributed by atoms with Crippen LogP contribution >= 0.6 is 0 Å². The van der Waals surface area contributed by atoms with Crippen molar-refractivity contribution in [2.24, 2.45) is 5.92 Å². The van der Waals surface area contributed by atoms with Gasteiger partial charge < -0.3 is 20.6 Å². The lowest BCUT2D eigenvalue weighted by Gasteiger charge is -2.34. The summed E-state index contributed by atoms with van der Waals surface area (Å²) in [6, 6.07) is 6.91. The molecule has 0 heterocycles. The summed E-state index contributed by atoms with van der Waals surface area (Å²) >= 11 is 0. The van der Waals surface area contributed by atoms with E-state index in [2.05, 4.69) is 5.32 Å². The van der Waals surface area contributed by atoms with Gasteiger partial charge in [0.25, 0.3) is 0 Å². The Morgan fingerprint density at radius 3 is 2.40 bits per heavy atom. The van der Waals surface area contributed by atoms with Crippen molar-refractivity contribution in [2.45, 2.75) is 37.8 Å². The number of aliphatic carboxylic acids is 1. The highest BCUT2D eigenvalue weighted by atomic mass is 16.4. The summed E-state index contributed by atoms with van der Waals surface area (Å²) in [5, 5.41) is 31.7. The number of phenols is 1. The minimum absolute atomic E-state index is 0.236. The molecule has 0 unspecified atom stereocenters. The molecule has 5 heteroatoms. The summed E-state index contributed by atoms with van der Waals surface area (Å²) < 4.78 is 0. The van der Waals surface area contributed by atoms with Crippen molar-refractivity contribution in [3.05, 3.63) is 29.8 Å². The molecule has 4 N–H and O–H groups in total. The van der Waals surface area contributed by atoms with Crippen LogP contribution in [0.15, 0.2) is 24.3 Å². The zero-order valence-electron chi connectivity index (χ0n) is 11.4. The molecule has 0 spiro atoms. The number of benzene rings is 1. The van der Waals surface area contributed by atoms with Gasteiger partial charge in [-0.3, -0.25) is 4.79 Å². The lowest BCUT2D eigenvalue weighted by atomic mass is 9.79. The number of hydrogen-bond donors (Lipinski definition) is 4. The fourth-order valence-electron chi connectivity index (χ4n) is 2.63. The Morgan fingerprint density at radius 2 is 1.85 bits per heavy atom. The van der Waals surface area contributed by atoms with Crippen LogP contribution in [-0.2, 0) is 11.3 Å². The van der Waals surface area contributed by atoms with E-state index in [0.29, 0.717) is 38.8 Å². The van der Waals surface area contributed by atoms with Crippen LogP contribution in [0.3, 0.4) is 0 Å². The number of aromatic hydroxyl groups is 1. The Hall–Kier alpha value is -1.59. The molecule has 0 bridgehead atoms. The maximum atomic E-state index is 10.9. The molecule has 0 aromatic heterocycles. The molecular weight excluding hydrogens is 258 g/mol. The SMILES string of the molecule is O=C(O)C1CCC(O)(CNCc2ccc(O)cc2)CC1. The van der Waals surface area contributed by atoms with Gasteiger partial charge in [0.1, 0.15) is 5.75 Å². The van der Waals surface area contributed by atoms with E-state index in [0.717, 1.165) is 5.56 Å². The molecule has 20 heavy (non-hydrogen) atoms. The highest BCUT2D eigenvalue weighted by Crippen LogP contribution is 2.31. The van der Waals surface area contributed by atoms with E-state index < -0.39 is 11.6 Å². The molecule has 110 valence electrons. The molecule has 1 aromatic rings. The number of carboxylic acids is 1. The number of carboxylic acid groups (broad SMARTS) is 1. The molecule has 1 aromatic carbocycles. The highest BCUT2D eigenvalue weighted by Gasteiger charge is 2.35. The molecular formula is C15H21NO4. The van der Waals surface area contributed by atoms with Crippen molar-refractivity contribution in [1.82, 2.24) is 5.32 Å². The quantitative estimate of drug-likeness (QED) is 0.655. The van der Waals surface area contributed by atoms with Crippen molar-refractivity contribution >= 4 is 5.97 Å². The molecule has 1 saturated carbocycles. The Labute approximate surface area is 118 Å². The summed E-state index contributed by atoms with van der Waals surface area (Å²) in [6.07, 6.45) is 2.11. The first-order chi connectivity index (χ1) is 9.48. The van der Waals surface area contributed by atoms with E-state index in [1.165, 1.54) is 0 Å². The smallest absolute Gasteiger partial charge is 0.306 e. The van der Waals surface area contributed by atoms with Crippen molar-refractivity contribution < 1.29 is 20.1 Å². The second kappa shape index (κ2) is 6.24. The van der Waals surface area contributed by atoms with E-state index in [1.54, 1.807) is 12.1 Å². The predicted octanol–water partition coefficient (Wildman–Crippen LogP) is 1.49. The van der Waals surface area contributed by atoms with Gasteiger partial charge >= 0.3 is 5.97 Å². The van der Waals surface area contributed by atoms with Gasteiger partial charge in [0.2, 0.25) is 0 Å². The third kappa shape index (κ3) is 3.95. The van der Waals surface area contributed by atoms with Crippen molar-refractivity contribution in [3.63, 3.8) is 0 Å². The number of nitrogens with one attached hydrogen (secondary N) is 1. The maximum absolute atomic E-state index is 10.9. The number of hydrogen-bond acceptors (Lipinski definition) is 4. The summed E-state index contributed by atoms with van der Waals surface area (Å²) in [6.45, 7) is 1.07. The fourth-order valence-corrected chi connectivity index (χ4v) is 2.63. The van der Waals surface area contributed by atoms with E-state index in [-0.39, 0.29) is 11.7 Å². The van der Waals surface area contributed by atoms with Gasteiger partial charge in [-0.2, -0.15) is 0 Å². The van der Waals surface area contributed by atoms with Crippen molar-refractivity contribution in [2.75, 3.05) is 6.54 Å². The molecule has 5 nitrogen and oxygen atoms in total. The minimum atomic E-state index is -0.803. The molecule has 1 fully saturated rings. The topological polar surface area (TPSA) is 89.8 Å². The molecule has 0 aliphatic heterocycles. The summed E-state index contributed by atoms with van der Waals surface area (Å²) in [7, 11) is 0. The first-order valence-corrected chi connectivity index (χ1v) is 6.92. The number of phenolic OH excluding ortho intramolecular Hbond substituents is 1. The van der Waals surface area contributed by atoms with Crippen LogP contribution in [0.4, 0.5) is 0 Å². The molecule has 0 atom stereocenters. The second-order valence-electron chi connectivity index (χ2n) is 5.61. The number of rotatable bonds is 5. The zero-order valence-corrected chi connectivity index (χ0v) is 11.4. The summed E-state index contributed by atoms with van der Waals surface area (Å²) in [5.74, 6) is -0.837. The van der Waals surface area contributed by atoms with Crippen LogP contribution in [0, 0.1) is 5.92 Å². The van der Waals surface area contributed by atoms with E-state index in [4.69, 9.17) is 5.11 Å². The van der Waals surface area contributed by atoms with Gasteiger partial charge in [0.05, 0.1) is 11.5 Å². The molecule has 1 aliphatic rings. The van der Waals surface area contributed by atoms with Gasteiger partial charge in [-0.15, -0.1) is 0 Å². The van der Waals surface area contributed by atoms with Gasteiger partial charge in [0.15, 0.2) is 0 Å². The van der Waals surface area contributed by atoms with Crippen LogP contribution in [0.1, 0.15) is 31.2 Å². The van der Waals surface area contributed by atoms with E-state index in [9.17, 15) is 15.0 Å². The lowest BCUT2D eigenvalue weighted by molar-refractivity contribution is -0.144. The number of carbonyl (C=O) groups is 1. The van der Waals surface area contributed by atoms with E-state index in [1.807, 2.05) is 12.1 Å². The van der Waals surface area contributed by atoms with Gasteiger partial charge in [-0.1, -0.05) is 12.1 Å². The second-order valence-corrected chi connectivity index (χ2v) is 5.61. The van der Waals surface area contributed by atoms with Crippen molar-refractivity contribution in [1.29, 1.82) is 0 Å². The third-order valence-corrected chi connectivity index (χ3v) is 3.99. The molecule has 1 aliphatic carbocycles.